The van der Waals surface area contributed by atoms with Crippen molar-refractivity contribution in [2.24, 2.45) is 0 Å². The van der Waals surface area contributed by atoms with E-state index in [0.717, 1.165) is 23.1 Å². The van der Waals surface area contributed by atoms with Gasteiger partial charge in [0.2, 0.25) is 5.91 Å². The number of ether oxygens (including phenoxy) is 1. The first-order valence-electron chi connectivity index (χ1n) is 7.48. The van der Waals surface area contributed by atoms with E-state index in [1.807, 2.05) is 55.8 Å². The number of nitrogens with zero attached hydrogens (tertiary/aromatic N) is 1. The summed E-state index contributed by atoms with van der Waals surface area (Å²) < 4.78 is 7.58. The molecule has 2 aromatic rings. The maximum atomic E-state index is 12.2. The van der Waals surface area contributed by atoms with Crippen LogP contribution in [0.4, 0.5) is 0 Å². The van der Waals surface area contributed by atoms with Crippen LogP contribution in [0.1, 0.15) is 34.1 Å². The van der Waals surface area contributed by atoms with Crippen molar-refractivity contribution >= 4 is 16.8 Å². The zero-order valence-corrected chi connectivity index (χ0v) is 13.3. The molecule has 2 rings (SSSR count). The second-order valence-electron chi connectivity index (χ2n) is 5.85. The van der Waals surface area contributed by atoms with Gasteiger partial charge in [0.15, 0.2) is 0 Å². The molecular formula is C17H24N2O2. The van der Waals surface area contributed by atoms with Gasteiger partial charge in [0.05, 0.1) is 12.1 Å². The molecule has 0 unspecified atom stereocenters. The monoisotopic (exact) mass is 288 g/mol. The molecule has 0 atom stereocenters. The zero-order valence-electron chi connectivity index (χ0n) is 13.3. The van der Waals surface area contributed by atoms with Gasteiger partial charge in [0.1, 0.15) is 12.3 Å². The summed E-state index contributed by atoms with van der Waals surface area (Å²) in [5.74, 6) is 0.893. The second kappa shape index (κ2) is 6.20. The van der Waals surface area contributed by atoms with Crippen LogP contribution in [-0.4, -0.2) is 22.6 Å². The van der Waals surface area contributed by atoms with Gasteiger partial charge >= 0.3 is 0 Å². The Kier molecular flexibility index (Phi) is 4.56. The van der Waals surface area contributed by atoms with E-state index < -0.39 is 0 Å². The molecule has 1 aromatic carbocycles. The summed E-state index contributed by atoms with van der Waals surface area (Å²) in [6.45, 7) is 9.06. The summed E-state index contributed by atoms with van der Waals surface area (Å²) in [5.41, 5.74) is 0.849. The Morgan fingerprint density at radius 3 is 2.71 bits per heavy atom. The highest BCUT2D eigenvalue weighted by Gasteiger charge is 2.18. The normalized spacial score (nSPS) is 11.6. The summed E-state index contributed by atoms with van der Waals surface area (Å²) >= 11 is 0. The first-order chi connectivity index (χ1) is 9.96. The van der Waals surface area contributed by atoms with E-state index in [4.69, 9.17) is 4.74 Å². The molecule has 0 aliphatic carbocycles. The van der Waals surface area contributed by atoms with E-state index in [9.17, 15) is 4.79 Å². The maximum Gasteiger partial charge on any atom is 0.240 e. The predicted octanol–water partition coefficient (Wildman–Crippen LogP) is 3.34. The Labute approximate surface area is 126 Å². The van der Waals surface area contributed by atoms with Gasteiger partial charge < -0.3 is 14.6 Å². The molecule has 114 valence electrons. The van der Waals surface area contributed by atoms with Crippen molar-refractivity contribution in [2.75, 3.05) is 6.61 Å². The first kappa shape index (κ1) is 15.4. The number of carbonyl (C=O) groups is 1. The van der Waals surface area contributed by atoms with Crippen LogP contribution in [0.3, 0.4) is 0 Å². The second-order valence-corrected chi connectivity index (χ2v) is 5.85. The first-order valence-corrected chi connectivity index (χ1v) is 7.48. The van der Waals surface area contributed by atoms with Crippen molar-refractivity contribution in [3.05, 3.63) is 30.5 Å². The van der Waals surface area contributed by atoms with Gasteiger partial charge in [-0.2, -0.15) is 0 Å². The van der Waals surface area contributed by atoms with Crippen LogP contribution in [-0.2, 0) is 11.3 Å². The Balaban J connectivity index is 2.20. The zero-order chi connectivity index (χ0) is 15.5. The summed E-state index contributed by atoms with van der Waals surface area (Å²) in [7, 11) is 0. The minimum absolute atomic E-state index is 0.0289. The van der Waals surface area contributed by atoms with Crippen LogP contribution in [0.25, 0.3) is 10.9 Å². The van der Waals surface area contributed by atoms with E-state index in [2.05, 4.69) is 12.2 Å². The van der Waals surface area contributed by atoms with Gasteiger partial charge in [0, 0.05) is 17.1 Å². The number of hydrogen-bond donors (Lipinski definition) is 1. The van der Waals surface area contributed by atoms with Crippen LogP contribution in [0.15, 0.2) is 30.5 Å². The lowest BCUT2D eigenvalue weighted by Gasteiger charge is -2.24. The molecule has 0 aliphatic heterocycles. The van der Waals surface area contributed by atoms with Gasteiger partial charge in [-0.3, -0.25) is 4.79 Å². The van der Waals surface area contributed by atoms with Crippen LogP contribution < -0.4 is 10.1 Å². The fourth-order valence-electron chi connectivity index (χ4n) is 2.27. The van der Waals surface area contributed by atoms with Crippen molar-refractivity contribution < 1.29 is 9.53 Å². The molecule has 0 saturated carbocycles. The molecule has 1 N–H and O–H groups in total. The lowest BCUT2D eigenvalue weighted by molar-refractivity contribution is -0.123. The van der Waals surface area contributed by atoms with Gasteiger partial charge in [-0.15, -0.1) is 0 Å². The Morgan fingerprint density at radius 1 is 1.29 bits per heavy atom. The molecular weight excluding hydrogens is 264 g/mol. The third kappa shape index (κ3) is 3.57. The molecule has 1 amide bonds. The minimum Gasteiger partial charge on any atom is -0.493 e. The quantitative estimate of drug-likeness (QED) is 0.886. The molecule has 1 aromatic heterocycles. The fourth-order valence-corrected chi connectivity index (χ4v) is 2.27. The molecule has 0 bridgehead atoms. The molecule has 0 radical (unpaired) electrons. The average molecular weight is 288 g/mol. The summed E-state index contributed by atoms with van der Waals surface area (Å²) in [5, 5.41) is 4.10. The lowest BCUT2D eigenvalue weighted by Crippen LogP contribution is -2.44. The molecule has 4 nitrogen and oxygen atoms in total. The summed E-state index contributed by atoms with van der Waals surface area (Å²) in [4.78, 5) is 12.2. The van der Waals surface area contributed by atoms with E-state index >= 15 is 0 Å². The van der Waals surface area contributed by atoms with Crippen LogP contribution >= 0.6 is 0 Å². The Morgan fingerprint density at radius 2 is 2.05 bits per heavy atom. The van der Waals surface area contributed by atoms with Crippen molar-refractivity contribution in [1.82, 2.24) is 9.88 Å². The van der Waals surface area contributed by atoms with Crippen molar-refractivity contribution in [2.45, 2.75) is 46.2 Å². The topological polar surface area (TPSA) is 43.3 Å². The highest BCUT2D eigenvalue weighted by atomic mass is 16.5. The van der Waals surface area contributed by atoms with Crippen LogP contribution in [0.2, 0.25) is 0 Å². The third-order valence-electron chi connectivity index (χ3n) is 3.75. The number of rotatable bonds is 6. The van der Waals surface area contributed by atoms with Crippen molar-refractivity contribution in [3.8, 4) is 5.75 Å². The van der Waals surface area contributed by atoms with Gasteiger partial charge in [-0.1, -0.05) is 13.0 Å². The summed E-state index contributed by atoms with van der Waals surface area (Å²) in [6, 6.07) is 7.92. The van der Waals surface area contributed by atoms with E-state index in [1.54, 1.807) is 0 Å². The van der Waals surface area contributed by atoms with Gasteiger partial charge in [-0.05, 0) is 45.4 Å². The number of fused-ring (bicyclic) bond motifs is 1. The van der Waals surface area contributed by atoms with Gasteiger partial charge in [0.25, 0.3) is 0 Å². The SMILES string of the molecule is CCOc1cccc2c1ccn2CC(=O)NC(C)(C)CC. The largest absolute Gasteiger partial charge is 0.493 e. The van der Waals surface area contributed by atoms with Crippen LogP contribution in [0.5, 0.6) is 5.75 Å². The van der Waals surface area contributed by atoms with E-state index in [0.29, 0.717) is 13.2 Å². The van der Waals surface area contributed by atoms with Crippen molar-refractivity contribution in [3.63, 3.8) is 0 Å². The lowest BCUT2D eigenvalue weighted by atomic mass is 10.0. The highest BCUT2D eigenvalue weighted by Crippen LogP contribution is 2.26. The average Bonchev–Trinajstić information content (AvgIpc) is 2.83. The van der Waals surface area contributed by atoms with Gasteiger partial charge in [-0.25, -0.2) is 0 Å². The minimum atomic E-state index is -0.170. The van der Waals surface area contributed by atoms with Crippen LogP contribution in [0, 0.1) is 0 Å². The predicted molar refractivity (Wildman–Crippen MR) is 85.6 cm³/mol. The smallest absolute Gasteiger partial charge is 0.240 e. The number of carbonyl (C=O) groups excluding carboxylic acids is 1. The molecule has 1 heterocycles. The number of benzene rings is 1. The molecule has 0 saturated heterocycles. The molecule has 4 heteroatoms. The molecule has 21 heavy (non-hydrogen) atoms. The number of nitrogens with one attached hydrogen (secondary N) is 1. The summed E-state index contributed by atoms with van der Waals surface area (Å²) in [6.07, 6.45) is 2.84. The van der Waals surface area contributed by atoms with E-state index in [-0.39, 0.29) is 11.4 Å². The Hall–Kier alpha value is -1.97. The molecule has 0 spiro atoms. The highest BCUT2D eigenvalue weighted by molar-refractivity contribution is 5.88. The van der Waals surface area contributed by atoms with E-state index in [1.165, 1.54) is 0 Å². The number of aromatic nitrogens is 1. The number of hydrogen-bond acceptors (Lipinski definition) is 2. The van der Waals surface area contributed by atoms with Crippen molar-refractivity contribution in [1.29, 1.82) is 0 Å². The molecule has 0 fully saturated rings. The maximum absolute atomic E-state index is 12.2. The fraction of sp³-hybridized carbons (Fsp3) is 0.471. The Bertz CT molecular complexity index is 629. The standard InChI is InChI=1S/C17H24N2O2/c1-5-17(3,4)18-16(20)12-19-11-10-13-14(19)8-7-9-15(13)21-6-2/h7-11H,5-6,12H2,1-4H3,(H,18,20). The third-order valence-corrected chi connectivity index (χ3v) is 3.75. The molecule has 0 aliphatic rings. The number of amides is 1.